The monoisotopic (exact) mass is 171 g/mol. The van der Waals surface area contributed by atoms with Gasteiger partial charge in [-0.1, -0.05) is 0 Å². The maximum Gasteiger partial charge on any atom is 0.0774 e. The fraction of sp³-hybridized carbons (Fsp3) is 0.500. The fourth-order valence-electron chi connectivity index (χ4n) is 0.904. The Labute approximate surface area is 71.1 Å². The first-order valence-corrected chi connectivity index (χ1v) is 4.37. The summed E-state index contributed by atoms with van der Waals surface area (Å²) in [5, 5.41) is 8.78. The third kappa shape index (κ3) is 2.61. The molecular formula is C8H13NOS. The Morgan fingerprint density at radius 1 is 1.36 bits per heavy atom. The van der Waals surface area contributed by atoms with Crippen molar-refractivity contribution in [2.75, 3.05) is 14.1 Å². The highest BCUT2D eigenvalue weighted by Crippen LogP contribution is 2.16. The van der Waals surface area contributed by atoms with Crippen LogP contribution < -0.4 is 0 Å². The number of aliphatic hydroxyl groups is 1. The third-order valence-electron chi connectivity index (χ3n) is 1.35. The summed E-state index contributed by atoms with van der Waals surface area (Å²) in [6, 6.07) is 4.04. The van der Waals surface area contributed by atoms with Crippen LogP contribution in [-0.2, 0) is 13.2 Å². The van der Waals surface area contributed by atoms with Gasteiger partial charge in [-0.15, -0.1) is 11.3 Å². The highest BCUT2D eigenvalue weighted by atomic mass is 32.1. The molecule has 0 amide bonds. The lowest BCUT2D eigenvalue weighted by molar-refractivity contribution is 0.285. The summed E-state index contributed by atoms with van der Waals surface area (Å²) in [7, 11) is 4.08. The normalized spacial score (nSPS) is 10.9. The zero-order chi connectivity index (χ0) is 8.27. The molecule has 1 rings (SSSR count). The van der Waals surface area contributed by atoms with E-state index in [1.165, 1.54) is 4.88 Å². The second-order valence-electron chi connectivity index (χ2n) is 2.76. The lowest BCUT2D eigenvalue weighted by Gasteiger charge is -2.05. The van der Waals surface area contributed by atoms with E-state index in [1.54, 1.807) is 11.3 Å². The van der Waals surface area contributed by atoms with Crippen molar-refractivity contribution in [3.8, 4) is 0 Å². The molecule has 0 aliphatic rings. The first-order valence-electron chi connectivity index (χ1n) is 3.55. The number of aliphatic hydroxyl groups excluding tert-OH is 1. The predicted octanol–water partition coefficient (Wildman–Crippen LogP) is 1.30. The second kappa shape index (κ2) is 3.85. The van der Waals surface area contributed by atoms with E-state index in [1.807, 2.05) is 20.2 Å². The molecule has 1 aromatic heterocycles. The van der Waals surface area contributed by atoms with Crippen molar-refractivity contribution >= 4 is 11.3 Å². The molecule has 1 heterocycles. The van der Waals surface area contributed by atoms with Crippen LogP contribution >= 0.6 is 11.3 Å². The van der Waals surface area contributed by atoms with Crippen LogP contribution in [0.5, 0.6) is 0 Å². The van der Waals surface area contributed by atoms with E-state index in [0.29, 0.717) is 0 Å². The molecule has 0 saturated heterocycles. The molecule has 11 heavy (non-hydrogen) atoms. The Morgan fingerprint density at radius 3 is 2.45 bits per heavy atom. The summed E-state index contributed by atoms with van der Waals surface area (Å²) >= 11 is 1.67. The topological polar surface area (TPSA) is 23.5 Å². The van der Waals surface area contributed by atoms with Crippen LogP contribution in [0, 0.1) is 0 Å². The molecule has 0 radical (unpaired) electrons. The standard InChI is InChI=1S/C8H13NOS/c1-9(2)5-7-3-4-8(6-10)11-7/h3-4,10H,5-6H2,1-2H3. The van der Waals surface area contributed by atoms with Gasteiger partial charge in [0.25, 0.3) is 0 Å². The zero-order valence-electron chi connectivity index (χ0n) is 6.87. The number of hydrogen-bond donors (Lipinski definition) is 1. The molecule has 1 N–H and O–H groups in total. The molecule has 0 aliphatic carbocycles. The van der Waals surface area contributed by atoms with Crippen LogP contribution in [0.4, 0.5) is 0 Å². The summed E-state index contributed by atoms with van der Waals surface area (Å²) in [4.78, 5) is 4.47. The molecule has 0 saturated carbocycles. The van der Waals surface area contributed by atoms with Gasteiger partial charge in [0.2, 0.25) is 0 Å². The molecule has 0 bridgehead atoms. The highest BCUT2D eigenvalue weighted by molar-refractivity contribution is 7.11. The maximum absolute atomic E-state index is 8.78. The van der Waals surface area contributed by atoms with Gasteiger partial charge in [-0.3, -0.25) is 0 Å². The Balaban J connectivity index is 2.58. The molecule has 0 atom stereocenters. The van der Waals surface area contributed by atoms with Crippen molar-refractivity contribution in [3.05, 3.63) is 21.9 Å². The number of rotatable bonds is 3. The number of nitrogens with zero attached hydrogens (tertiary/aromatic N) is 1. The molecular weight excluding hydrogens is 158 g/mol. The van der Waals surface area contributed by atoms with E-state index in [-0.39, 0.29) is 6.61 Å². The van der Waals surface area contributed by atoms with Crippen molar-refractivity contribution < 1.29 is 5.11 Å². The largest absolute Gasteiger partial charge is 0.391 e. The quantitative estimate of drug-likeness (QED) is 0.741. The van der Waals surface area contributed by atoms with Crippen molar-refractivity contribution in [3.63, 3.8) is 0 Å². The van der Waals surface area contributed by atoms with Gasteiger partial charge in [-0.25, -0.2) is 0 Å². The van der Waals surface area contributed by atoms with Gasteiger partial charge >= 0.3 is 0 Å². The van der Waals surface area contributed by atoms with Gasteiger partial charge in [0.15, 0.2) is 0 Å². The van der Waals surface area contributed by atoms with E-state index < -0.39 is 0 Å². The molecule has 0 fully saturated rings. The summed E-state index contributed by atoms with van der Waals surface area (Å²) in [5.74, 6) is 0. The lowest BCUT2D eigenvalue weighted by atomic mass is 10.4. The Morgan fingerprint density at radius 2 is 2.00 bits per heavy atom. The van der Waals surface area contributed by atoms with Crippen LogP contribution in [0.3, 0.4) is 0 Å². The first kappa shape index (κ1) is 8.71. The molecule has 62 valence electrons. The lowest BCUT2D eigenvalue weighted by Crippen LogP contribution is -2.09. The van der Waals surface area contributed by atoms with Crippen molar-refractivity contribution in [2.24, 2.45) is 0 Å². The average Bonchev–Trinajstić information content (AvgIpc) is 2.34. The van der Waals surface area contributed by atoms with Crippen molar-refractivity contribution in [2.45, 2.75) is 13.2 Å². The molecule has 0 unspecified atom stereocenters. The fourth-order valence-corrected chi connectivity index (χ4v) is 1.90. The van der Waals surface area contributed by atoms with Crippen LogP contribution in [0.2, 0.25) is 0 Å². The summed E-state index contributed by atoms with van der Waals surface area (Å²) < 4.78 is 0. The Bertz CT molecular complexity index is 220. The first-order chi connectivity index (χ1) is 5.22. The minimum absolute atomic E-state index is 0.165. The maximum atomic E-state index is 8.78. The second-order valence-corrected chi connectivity index (χ2v) is 4.02. The third-order valence-corrected chi connectivity index (χ3v) is 2.40. The van der Waals surface area contributed by atoms with E-state index >= 15 is 0 Å². The van der Waals surface area contributed by atoms with Crippen LogP contribution in [0.1, 0.15) is 9.75 Å². The molecule has 0 spiro atoms. The van der Waals surface area contributed by atoms with Crippen LogP contribution in [-0.4, -0.2) is 24.1 Å². The van der Waals surface area contributed by atoms with E-state index in [2.05, 4.69) is 11.0 Å². The summed E-state index contributed by atoms with van der Waals surface area (Å²) in [6.07, 6.45) is 0. The van der Waals surface area contributed by atoms with Gasteiger partial charge < -0.3 is 10.0 Å². The molecule has 3 heteroatoms. The molecule has 0 aliphatic heterocycles. The van der Waals surface area contributed by atoms with Gasteiger partial charge in [-0.2, -0.15) is 0 Å². The molecule has 2 nitrogen and oxygen atoms in total. The molecule has 1 aromatic rings. The Kier molecular flexibility index (Phi) is 3.05. The number of thiophene rings is 1. The van der Waals surface area contributed by atoms with Gasteiger partial charge in [0.05, 0.1) is 6.61 Å². The van der Waals surface area contributed by atoms with Crippen LogP contribution in [0.15, 0.2) is 12.1 Å². The SMILES string of the molecule is CN(C)Cc1ccc(CO)s1. The minimum atomic E-state index is 0.165. The zero-order valence-corrected chi connectivity index (χ0v) is 7.69. The van der Waals surface area contributed by atoms with Crippen LogP contribution in [0.25, 0.3) is 0 Å². The van der Waals surface area contributed by atoms with E-state index in [0.717, 1.165) is 11.4 Å². The summed E-state index contributed by atoms with van der Waals surface area (Å²) in [6.45, 7) is 1.13. The predicted molar refractivity (Wildman–Crippen MR) is 47.6 cm³/mol. The Hall–Kier alpha value is -0.380. The summed E-state index contributed by atoms with van der Waals surface area (Å²) in [5.41, 5.74) is 0. The average molecular weight is 171 g/mol. The van der Waals surface area contributed by atoms with Gasteiger partial charge in [0, 0.05) is 16.3 Å². The smallest absolute Gasteiger partial charge is 0.0774 e. The van der Waals surface area contributed by atoms with Gasteiger partial charge in [-0.05, 0) is 26.2 Å². The van der Waals surface area contributed by atoms with Gasteiger partial charge in [0.1, 0.15) is 0 Å². The molecule has 0 aromatic carbocycles. The number of hydrogen-bond acceptors (Lipinski definition) is 3. The van der Waals surface area contributed by atoms with E-state index in [9.17, 15) is 0 Å². The van der Waals surface area contributed by atoms with Crippen molar-refractivity contribution in [1.29, 1.82) is 0 Å². The van der Waals surface area contributed by atoms with E-state index in [4.69, 9.17) is 5.11 Å². The minimum Gasteiger partial charge on any atom is -0.391 e. The highest BCUT2D eigenvalue weighted by Gasteiger charge is 1.99. The van der Waals surface area contributed by atoms with Crippen molar-refractivity contribution in [1.82, 2.24) is 4.90 Å².